The smallest absolute Gasteiger partial charge is 0.269 e. The number of anilines is 2. The summed E-state index contributed by atoms with van der Waals surface area (Å²) in [7, 11) is 0. The van der Waals surface area contributed by atoms with Gasteiger partial charge in [-0.05, 0) is 48.7 Å². The van der Waals surface area contributed by atoms with Crippen LogP contribution in [0.2, 0.25) is 0 Å². The molecule has 1 amide bonds. The molecule has 7 heteroatoms. The highest BCUT2D eigenvalue weighted by molar-refractivity contribution is 7.14. The van der Waals surface area contributed by atoms with Crippen LogP contribution in [-0.2, 0) is 4.79 Å². The third kappa shape index (κ3) is 4.83. The van der Waals surface area contributed by atoms with Crippen molar-refractivity contribution in [3.05, 3.63) is 105 Å². The second-order valence-electron chi connectivity index (χ2n) is 7.70. The number of benzene rings is 3. The van der Waals surface area contributed by atoms with Crippen LogP contribution in [0.15, 0.2) is 84.2 Å². The van der Waals surface area contributed by atoms with Gasteiger partial charge in [0.1, 0.15) is 0 Å². The van der Waals surface area contributed by atoms with E-state index in [1.165, 1.54) is 23.5 Å². The molecule has 1 heterocycles. The summed E-state index contributed by atoms with van der Waals surface area (Å²) in [5, 5.41) is 13.4. The quantitative estimate of drug-likeness (QED) is 0.224. The Morgan fingerprint density at radius 1 is 1.06 bits per heavy atom. The van der Waals surface area contributed by atoms with Crippen LogP contribution in [0.4, 0.5) is 16.5 Å². The maximum Gasteiger partial charge on any atom is 0.269 e. The molecule has 0 radical (unpaired) electrons. The molecular formula is C26H23N3O3S. The number of nitro benzene ring substituents is 1. The molecule has 4 aromatic rings. The highest BCUT2D eigenvalue weighted by Gasteiger charge is 2.29. The number of nitro groups is 1. The third-order valence-corrected chi connectivity index (χ3v) is 6.27. The van der Waals surface area contributed by atoms with Gasteiger partial charge in [-0.25, -0.2) is 4.98 Å². The molecule has 1 atom stereocenters. The summed E-state index contributed by atoms with van der Waals surface area (Å²) in [4.78, 5) is 30.8. The Bertz CT molecular complexity index is 1270. The summed E-state index contributed by atoms with van der Waals surface area (Å²) >= 11 is 1.38. The Hall–Kier alpha value is -3.84. The largest absolute Gasteiger partial charge is 0.273 e. The molecule has 6 nitrogen and oxygen atoms in total. The minimum atomic E-state index is -0.428. The fourth-order valence-corrected chi connectivity index (χ4v) is 4.60. The summed E-state index contributed by atoms with van der Waals surface area (Å²) in [6.45, 7) is 4.00. The van der Waals surface area contributed by atoms with Gasteiger partial charge < -0.3 is 0 Å². The van der Waals surface area contributed by atoms with Crippen LogP contribution in [0.5, 0.6) is 0 Å². The first kappa shape index (κ1) is 22.4. The van der Waals surface area contributed by atoms with Crippen molar-refractivity contribution in [2.24, 2.45) is 0 Å². The van der Waals surface area contributed by atoms with E-state index in [1.807, 2.05) is 73.8 Å². The van der Waals surface area contributed by atoms with E-state index >= 15 is 0 Å². The zero-order valence-corrected chi connectivity index (χ0v) is 19.2. The lowest BCUT2D eigenvalue weighted by atomic mass is 9.95. The Kier molecular flexibility index (Phi) is 6.60. The van der Waals surface area contributed by atoms with Crippen molar-refractivity contribution in [1.29, 1.82) is 0 Å². The summed E-state index contributed by atoms with van der Waals surface area (Å²) in [6.07, 6.45) is 0.658. The number of non-ortho nitro benzene ring substituents is 1. The zero-order chi connectivity index (χ0) is 23.4. The number of carbonyl (C=O) groups is 1. The second kappa shape index (κ2) is 9.75. The van der Waals surface area contributed by atoms with Crippen LogP contribution < -0.4 is 4.90 Å². The highest BCUT2D eigenvalue weighted by Crippen LogP contribution is 2.36. The van der Waals surface area contributed by atoms with Crippen LogP contribution >= 0.6 is 11.3 Å². The minimum Gasteiger partial charge on any atom is -0.273 e. The van der Waals surface area contributed by atoms with E-state index in [0.717, 1.165) is 22.4 Å². The maximum absolute atomic E-state index is 13.9. The summed E-state index contributed by atoms with van der Waals surface area (Å²) in [5.74, 6) is -0.350. The topological polar surface area (TPSA) is 76.3 Å². The van der Waals surface area contributed by atoms with E-state index in [1.54, 1.807) is 17.0 Å². The van der Waals surface area contributed by atoms with Crippen molar-refractivity contribution in [1.82, 2.24) is 4.98 Å². The lowest BCUT2D eigenvalue weighted by Gasteiger charge is -2.25. The summed E-state index contributed by atoms with van der Waals surface area (Å²) in [6, 6.07) is 23.9. The van der Waals surface area contributed by atoms with E-state index in [4.69, 9.17) is 4.98 Å². The SMILES string of the molecule is CC[C@@H](C(=O)N(c1cccc(C)c1)c1nc(-c2ccc([N+](=O)[O-])cc2)cs1)c1ccccc1. The van der Waals surface area contributed by atoms with Gasteiger partial charge in [-0.2, -0.15) is 0 Å². The molecule has 4 rings (SSSR count). The van der Waals surface area contributed by atoms with E-state index in [-0.39, 0.29) is 17.5 Å². The number of thiazole rings is 1. The molecule has 1 aromatic heterocycles. The number of hydrogen-bond donors (Lipinski definition) is 0. The Morgan fingerprint density at radius 2 is 1.79 bits per heavy atom. The molecule has 0 fully saturated rings. The van der Waals surface area contributed by atoms with Gasteiger partial charge in [0.25, 0.3) is 5.69 Å². The van der Waals surface area contributed by atoms with Crippen LogP contribution in [0.25, 0.3) is 11.3 Å². The number of nitrogens with zero attached hydrogens (tertiary/aromatic N) is 3. The van der Waals surface area contributed by atoms with Gasteiger partial charge in [-0.3, -0.25) is 19.8 Å². The van der Waals surface area contributed by atoms with Crippen molar-refractivity contribution >= 4 is 33.8 Å². The van der Waals surface area contributed by atoms with Crippen LogP contribution in [-0.4, -0.2) is 15.8 Å². The van der Waals surface area contributed by atoms with Gasteiger partial charge in [0.2, 0.25) is 5.91 Å². The molecule has 0 saturated heterocycles. The average Bonchev–Trinajstić information content (AvgIpc) is 3.30. The first-order valence-electron chi connectivity index (χ1n) is 10.6. The minimum absolute atomic E-state index is 0.0272. The molecule has 0 aliphatic carbocycles. The lowest BCUT2D eigenvalue weighted by molar-refractivity contribution is -0.384. The average molecular weight is 458 g/mol. The summed E-state index contributed by atoms with van der Waals surface area (Å²) in [5.41, 5.74) is 4.23. The Labute approximate surface area is 196 Å². The molecule has 0 aliphatic heterocycles. The van der Waals surface area contributed by atoms with Gasteiger partial charge in [0.15, 0.2) is 5.13 Å². The second-order valence-corrected chi connectivity index (χ2v) is 8.54. The van der Waals surface area contributed by atoms with E-state index in [0.29, 0.717) is 17.2 Å². The van der Waals surface area contributed by atoms with Gasteiger partial charge >= 0.3 is 0 Å². The normalized spacial score (nSPS) is 11.7. The predicted molar refractivity (Wildman–Crippen MR) is 132 cm³/mol. The van der Waals surface area contributed by atoms with Crippen LogP contribution in [0.1, 0.15) is 30.4 Å². The van der Waals surface area contributed by atoms with Gasteiger partial charge in [0, 0.05) is 23.1 Å². The van der Waals surface area contributed by atoms with Crippen molar-refractivity contribution in [2.45, 2.75) is 26.2 Å². The summed E-state index contributed by atoms with van der Waals surface area (Å²) < 4.78 is 0. The van der Waals surface area contributed by atoms with E-state index in [9.17, 15) is 14.9 Å². The maximum atomic E-state index is 13.9. The van der Waals surface area contributed by atoms with Crippen molar-refractivity contribution < 1.29 is 9.72 Å². The van der Waals surface area contributed by atoms with Crippen molar-refractivity contribution in [2.75, 3.05) is 4.90 Å². The molecule has 0 aliphatic rings. The number of aryl methyl sites for hydroxylation is 1. The number of hydrogen-bond acceptors (Lipinski definition) is 5. The fourth-order valence-electron chi connectivity index (χ4n) is 3.75. The van der Waals surface area contributed by atoms with Gasteiger partial charge in [-0.1, -0.05) is 49.4 Å². The number of amides is 1. The molecule has 0 unspecified atom stereocenters. The van der Waals surface area contributed by atoms with Crippen molar-refractivity contribution in [3.63, 3.8) is 0 Å². The molecule has 166 valence electrons. The van der Waals surface area contributed by atoms with Crippen molar-refractivity contribution in [3.8, 4) is 11.3 Å². The van der Waals surface area contributed by atoms with E-state index in [2.05, 4.69) is 0 Å². The first-order valence-corrected chi connectivity index (χ1v) is 11.5. The number of carbonyl (C=O) groups excluding carboxylic acids is 1. The lowest BCUT2D eigenvalue weighted by Crippen LogP contribution is -2.31. The molecule has 0 spiro atoms. The number of rotatable bonds is 7. The molecule has 0 saturated carbocycles. The van der Waals surface area contributed by atoms with E-state index < -0.39 is 4.92 Å². The molecule has 0 N–H and O–H groups in total. The zero-order valence-electron chi connectivity index (χ0n) is 18.3. The Balaban J connectivity index is 1.75. The van der Waals surface area contributed by atoms with Crippen LogP contribution in [0.3, 0.4) is 0 Å². The Morgan fingerprint density at radius 3 is 2.42 bits per heavy atom. The molecule has 3 aromatic carbocycles. The van der Waals surface area contributed by atoms with Gasteiger partial charge in [-0.15, -0.1) is 11.3 Å². The third-order valence-electron chi connectivity index (χ3n) is 5.45. The number of aromatic nitrogens is 1. The highest BCUT2D eigenvalue weighted by atomic mass is 32.1. The first-order chi connectivity index (χ1) is 16.0. The van der Waals surface area contributed by atoms with Gasteiger partial charge in [0.05, 0.1) is 22.2 Å². The van der Waals surface area contributed by atoms with Crippen LogP contribution in [0, 0.1) is 17.0 Å². The standard InChI is InChI=1S/C26H23N3O3S/c1-3-23(19-9-5-4-6-10-19)25(30)28(22-11-7-8-18(2)16-22)26-27-24(17-33-26)20-12-14-21(15-13-20)29(31)32/h4-17,23H,3H2,1-2H3/t23-/m1/s1. The molecule has 33 heavy (non-hydrogen) atoms. The fraction of sp³-hybridized carbons (Fsp3) is 0.154. The predicted octanol–water partition coefficient (Wildman–Crippen LogP) is 6.89. The monoisotopic (exact) mass is 457 g/mol. The molecular weight excluding hydrogens is 434 g/mol. The molecule has 0 bridgehead atoms.